The maximum Gasteiger partial charge on any atom is 0.341 e. The van der Waals surface area contributed by atoms with Crippen LogP contribution in [0.4, 0.5) is 5.82 Å². The lowest BCUT2D eigenvalue weighted by molar-refractivity contribution is 0.0601. The van der Waals surface area contributed by atoms with Crippen LogP contribution in [-0.4, -0.2) is 23.0 Å². The summed E-state index contributed by atoms with van der Waals surface area (Å²) in [5.41, 5.74) is 2.62. The Hall–Kier alpha value is -2.43. The van der Waals surface area contributed by atoms with Crippen LogP contribution >= 0.6 is 0 Å². The molecule has 0 spiro atoms. The number of nitrogens with one attached hydrogen (secondary N) is 1. The number of pyridine rings is 2. The van der Waals surface area contributed by atoms with Crippen LogP contribution in [0.15, 0.2) is 36.8 Å². The van der Waals surface area contributed by atoms with E-state index in [4.69, 9.17) is 4.74 Å². The van der Waals surface area contributed by atoms with Gasteiger partial charge < -0.3 is 10.1 Å². The number of rotatable bonds is 4. The first-order valence-corrected chi connectivity index (χ1v) is 5.89. The van der Waals surface area contributed by atoms with Crippen molar-refractivity contribution in [2.24, 2.45) is 0 Å². The number of anilines is 1. The van der Waals surface area contributed by atoms with Crippen molar-refractivity contribution in [3.05, 3.63) is 53.5 Å². The van der Waals surface area contributed by atoms with E-state index in [0.717, 1.165) is 11.1 Å². The fourth-order valence-corrected chi connectivity index (χ4v) is 1.70. The molecule has 5 heteroatoms. The summed E-state index contributed by atoms with van der Waals surface area (Å²) >= 11 is 0. The van der Waals surface area contributed by atoms with Crippen molar-refractivity contribution in [3.8, 4) is 0 Å². The minimum Gasteiger partial charge on any atom is -0.465 e. The molecule has 2 aromatic heterocycles. The fourth-order valence-electron chi connectivity index (χ4n) is 1.70. The number of carbonyl (C=O) groups excluding carboxylic acids is 1. The molecular weight excluding hydrogens is 242 g/mol. The van der Waals surface area contributed by atoms with Gasteiger partial charge in [0.2, 0.25) is 0 Å². The molecule has 0 aliphatic heterocycles. The van der Waals surface area contributed by atoms with E-state index in [1.807, 2.05) is 13.0 Å². The van der Waals surface area contributed by atoms with Crippen molar-refractivity contribution in [3.63, 3.8) is 0 Å². The van der Waals surface area contributed by atoms with Gasteiger partial charge in [0.1, 0.15) is 11.4 Å². The summed E-state index contributed by atoms with van der Waals surface area (Å²) in [5, 5.41) is 3.15. The zero-order chi connectivity index (χ0) is 13.7. The second-order valence-corrected chi connectivity index (χ2v) is 4.05. The van der Waals surface area contributed by atoms with Crippen molar-refractivity contribution in [2.45, 2.75) is 13.5 Å². The van der Waals surface area contributed by atoms with Crippen molar-refractivity contribution >= 4 is 11.8 Å². The monoisotopic (exact) mass is 257 g/mol. The van der Waals surface area contributed by atoms with Crippen LogP contribution < -0.4 is 5.32 Å². The Bertz CT molecular complexity index is 584. The molecule has 1 N–H and O–H groups in total. The molecular formula is C14H15N3O2. The summed E-state index contributed by atoms with van der Waals surface area (Å²) in [5.74, 6) is 0.118. The van der Waals surface area contributed by atoms with E-state index in [-0.39, 0.29) is 0 Å². The molecule has 0 bridgehead atoms. The van der Waals surface area contributed by atoms with Crippen LogP contribution in [0.5, 0.6) is 0 Å². The number of methoxy groups -OCH3 is 1. The normalized spacial score (nSPS) is 10.0. The van der Waals surface area contributed by atoms with Gasteiger partial charge in [-0.1, -0.05) is 0 Å². The first-order chi connectivity index (χ1) is 9.22. The lowest BCUT2D eigenvalue weighted by atomic mass is 10.1. The van der Waals surface area contributed by atoms with Crippen molar-refractivity contribution in [1.82, 2.24) is 9.97 Å². The van der Waals surface area contributed by atoms with Gasteiger partial charge >= 0.3 is 5.97 Å². The molecule has 0 fully saturated rings. The topological polar surface area (TPSA) is 64.1 Å². The number of hydrogen-bond donors (Lipinski definition) is 1. The molecule has 0 saturated heterocycles. The van der Waals surface area contributed by atoms with Gasteiger partial charge in [0, 0.05) is 25.1 Å². The SMILES string of the molecule is COC(=O)c1cccnc1NCc1ccncc1C. The van der Waals surface area contributed by atoms with Crippen LogP contribution in [0.3, 0.4) is 0 Å². The van der Waals surface area contributed by atoms with Gasteiger partial charge in [-0.2, -0.15) is 0 Å². The Morgan fingerprint density at radius 3 is 2.95 bits per heavy atom. The molecule has 2 aromatic rings. The number of esters is 1. The third kappa shape index (κ3) is 3.07. The predicted molar refractivity (Wildman–Crippen MR) is 71.9 cm³/mol. The van der Waals surface area contributed by atoms with Crippen molar-refractivity contribution in [1.29, 1.82) is 0 Å². The van der Waals surface area contributed by atoms with E-state index in [0.29, 0.717) is 17.9 Å². The van der Waals surface area contributed by atoms with E-state index in [9.17, 15) is 4.79 Å². The molecule has 0 amide bonds. The number of hydrogen-bond acceptors (Lipinski definition) is 5. The third-order valence-electron chi connectivity index (χ3n) is 2.80. The highest BCUT2D eigenvalue weighted by molar-refractivity contribution is 5.94. The van der Waals surface area contributed by atoms with Gasteiger partial charge in [0.15, 0.2) is 0 Å². The minimum atomic E-state index is -0.401. The number of aromatic nitrogens is 2. The van der Waals surface area contributed by atoms with Gasteiger partial charge in [-0.3, -0.25) is 4.98 Å². The molecule has 0 unspecified atom stereocenters. The summed E-state index contributed by atoms with van der Waals surface area (Å²) in [6.07, 6.45) is 5.18. The predicted octanol–water partition coefficient (Wildman–Crippen LogP) is 2.18. The number of ether oxygens (including phenoxy) is 1. The molecule has 0 aliphatic rings. The average Bonchev–Trinajstić information content (AvgIpc) is 2.46. The average molecular weight is 257 g/mol. The highest BCUT2D eigenvalue weighted by Crippen LogP contribution is 2.14. The molecule has 0 saturated carbocycles. The molecule has 5 nitrogen and oxygen atoms in total. The van der Waals surface area contributed by atoms with Crippen LogP contribution in [0, 0.1) is 6.92 Å². The van der Waals surface area contributed by atoms with Crippen LogP contribution in [0.1, 0.15) is 21.5 Å². The Morgan fingerprint density at radius 2 is 2.21 bits per heavy atom. The lowest BCUT2D eigenvalue weighted by Crippen LogP contribution is -2.10. The van der Waals surface area contributed by atoms with Gasteiger partial charge in [-0.25, -0.2) is 9.78 Å². The Balaban J connectivity index is 2.16. The van der Waals surface area contributed by atoms with Gasteiger partial charge in [-0.05, 0) is 36.2 Å². The summed E-state index contributed by atoms with van der Waals surface area (Å²) in [6.45, 7) is 2.57. The largest absolute Gasteiger partial charge is 0.465 e. The third-order valence-corrected chi connectivity index (χ3v) is 2.80. The lowest BCUT2D eigenvalue weighted by Gasteiger charge is -2.10. The Morgan fingerprint density at radius 1 is 1.37 bits per heavy atom. The summed E-state index contributed by atoms with van der Waals surface area (Å²) in [6, 6.07) is 5.32. The Labute approximate surface area is 111 Å². The molecule has 98 valence electrons. The molecule has 0 aliphatic carbocycles. The quantitative estimate of drug-likeness (QED) is 0.850. The Kier molecular flexibility index (Phi) is 4.07. The first-order valence-electron chi connectivity index (χ1n) is 5.89. The molecule has 2 rings (SSSR count). The molecule has 0 atom stereocenters. The van der Waals surface area contributed by atoms with E-state index in [2.05, 4.69) is 15.3 Å². The molecule has 0 radical (unpaired) electrons. The van der Waals surface area contributed by atoms with Crippen molar-refractivity contribution < 1.29 is 9.53 Å². The van der Waals surface area contributed by atoms with E-state index >= 15 is 0 Å². The van der Waals surface area contributed by atoms with Crippen molar-refractivity contribution in [2.75, 3.05) is 12.4 Å². The zero-order valence-electron chi connectivity index (χ0n) is 10.9. The van der Waals surface area contributed by atoms with Gasteiger partial charge in [-0.15, -0.1) is 0 Å². The molecule has 0 aromatic carbocycles. The van der Waals surface area contributed by atoms with Crippen LogP contribution in [0.2, 0.25) is 0 Å². The van der Waals surface area contributed by atoms with Crippen LogP contribution in [0.25, 0.3) is 0 Å². The van der Waals surface area contributed by atoms with E-state index in [1.165, 1.54) is 7.11 Å². The van der Waals surface area contributed by atoms with Gasteiger partial charge in [0.25, 0.3) is 0 Å². The summed E-state index contributed by atoms with van der Waals surface area (Å²) in [7, 11) is 1.35. The summed E-state index contributed by atoms with van der Waals surface area (Å²) in [4.78, 5) is 19.8. The maximum absolute atomic E-state index is 11.6. The second-order valence-electron chi connectivity index (χ2n) is 4.05. The maximum atomic E-state index is 11.6. The number of aryl methyl sites for hydroxylation is 1. The fraction of sp³-hybridized carbons (Fsp3) is 0.214. The van der Waals surface area contributed by atoms with Crippen LogP contribution in [-0.2, 0) is 11.3 Å². The zero-order valence-corrected chi connectivity index (χ0v) is 10.9. The van der Waals surface area contributed by atoms with Gasteiger partial charge in [0.05, 0.1) is 7.11 Å². The highest BCUT2D eigenvalue weighted by atomic mass is 16.5. The summed E-state index contributed by atoms with van der Waals surface area (Å²) < 4.78 is 4.72. The molecule has 2 heterocycles. The van der Waals surface area contributed by atoms with E-state index in [1.54, 1.807) is 30.7 Å². The second kappa shape index (κ2) is 5.95. The molecule has 19 heavy (non-hydrogen) atoms. The first kappa shape index (κ1) is 13.0. The number of carbonyl (C=O) groups is 1. The minimum absolute atomic E-state index is 0.401. The smallest absolute Gasteiger partial charge is 0.341 e. The number of nitrogens with zero attached hydrogens (tertiary/aromatic N) is 2. The standard InChI is InChI=1S/C14H15N3O2/c1-10-8-15-7-5-11(10)9-17-13-12(14(18)19-2)4-3-6-16-13/h3-8H,9H2,1-2H3,(H,16,17). The van der Waals surface area contributed by atoms with E-state index < -0.39 is 5.97 Å². The highest BCUT2D eigenvalue weighted by Gasteiger charge is 2.12.